The van der Waals surface area contributed by atoms with Crippen LogP contribution in [0.25, 0.3) is 0 Å². The SMILES string of the molecule is CC=C(C=C(CF)CCC)CCCC(C)C(C)CC. The zero-order valence-corrected chi connectivity index (χ0v) is 13.6. The summed E-state index contributed by atoms with van der Waals surface area (Å²) in [6.45, 7) is 10.8. The van der Waals surface area contributed by atoms with Crippen LogP contribution in [0, 0.1) is 11.8 Å². The molecule has 0 aliphatic carbocycles. The molecule has 2 atom stereocenters. The van der Waals surface area contributed by atoms with Gasteiger partial charge in [-0.2, -0.15) is 0 Å². The molecule has 1 heteroatoms. The van der Waals surface area contributed by atoms with Crippen LogP contribution in [-0.2, 0) is 0 Å². The highest BCUT2D eigenvalue weighted by molar-refractivity contribution is 5.23. The molecule has 0 rings (SSSR count). The van der Waals surface area contributed by atoms with Gasteiger partial charge in [0, 0.05) is 0 Å². The summed E-state index contributed by atoms with van der Waals surface area (Å²) in [5.74, 6) is 1.61. The van der Waals surface area contributed by atoms with E-state index in [4.69, 9.17) is 0 Å². The Balaban J connectivity index is 4.21. The minimum Gasteiger partial charge on any atom is -0.246 e. The van der Waals surface area contributed by atoms with Crippen molar-refractivity contribution in [3.8, 4) is 0 Å². The average Bonchev–Trinajstić information content (AvgIpc) is 2.43. The van der Waals surface area contributed by atoms with Crippen molar-refractivity contribution in [1.82, 2.24) is 0 Å². The van der Waals surface area contributed by atoms with Crippen molar-refractivity contribution in [3.05, 3.63) is 23.3 Å². The minimum absolute atomic E-state index is 0.297. The molecule has 0 radical (unpaired) electrons. The van der Waals surface area contributed by atoms with Crippen LogP contribution in [-0.4, -0.2) is 6.67 Å². The molecule has 0 spiro atoms. The first-order chi connectivity index (χ1) is 9.08. The summed E-state index contributed by atoms with van der Waals surface area (Å²) in [4.78, 5) is 0. The Morgan fingerprint density at radius 2 is 1.79 bits per heavy atom. The highest BCUT2D eigenvalue weighted by Crippen LogP contribution is 2.22. The van der Waals surface area contributed by atoms with E-state index in [9.17, 15) is 4.39 Å². The number of halogens is 1. The van der Waals surface area contributed by atoms with Crippen LogP contribution in [0.3, 0.4) is 0 Å². The molecule has 0 amide bonds. The summed E-state index contributed by atoms with van der Waals surface area (Å²) in [5, 5.41) is 0. The zero-order valence-electron chi connectivity index (χ0n) is 13.6. The highest BCUT2D eigenvalue weighted by atomic mass is 19.1. The van der Waals surface area contributed by atoms with Crippen LogP contribution >= 0.6 is 0 Å². The lowest BCUT2D eigenvalue weighted by molar-refractivity contribution is 0.348. The standard InChI is InChI=1S/C18H33F/c1-6-10-18(14-19)13-17(8-3)12-9-11-16(5)15(4)7-2/h8,13,15-16H,6-7,9-12,14H2,1-5H3. The second kappa shape index (κ2) is 11.3. The van der Waals surface area contributed by atoms with Crippen LogP contribution in [0.15, 0.2) is 23.3 Å². The van der Waals surface area contributed by atoms with Gasteiger partial charge < -0.3 is 0 Å². The van der Waals surface area contributed by atoms with Gasteiger partial charge in [0.15, 0.2) is 0 Å². The summed E-state index contributed by atoms with van der Waals surface area (Å²) >= 11 is 0. The van der Waals surface area contributed by atoms with Crippen molar-refractivity contribution in [2.45, 2.75) is 73.1 Å². The molecular weight excluding hydrogens is 235 g/mol. The van der Waals surface area contributed by atoms with E-state index in [1.54, 1.807) is 0 Å². The summed E-state index contributed by atoms with van der Waals surface area (Å²) in [5.41, 5.74) is 2.25. The van der Waals surface area contributed by atoms with Crippen molar-refractivity contribution in [2.75, 3.05) is 6.67 Å². The number of alkyl halides is 1. The molecule has 0 aromatic rings. The van der Waals surface area contributed by atoms with E-state index in [0.717, 1.165) is 36.7 Å². The maximum absolute atomic E-state index is 12.8. The van der Waals surface area contributed by atoms with Crippen LogP contribution in [0.2, 0.25) is 0 Å². The Labute approximate surface area is 120 Å². The Morgan fingerprint density at radius 1 is 1.11 bits per heavy atom. The molecule has 0 heterocycles. The Kier molecular flexibility index (Phi) is 10.9. The average molecular weight is 268 g/mol. The van der Waals surface area contributed by atoms with E-state index in [0.29, 0.717) is 0 Å². The predicted octanol–water partition coefficient (Wildman–Crippen LogP) is 6.48. The van der Waals surface area contributed by atoms with Gasteiger partial charge in [0.25, 0.3) is 0 Å². The number of hydrogen-bond donors (Lipinski definition) is 0. The first-order valence-corrected chi connectivity index (χ1v) is 7.99. The first-order valence-electron chi connectivity index (χ1n) is 7.99. The molecule has 112 valence electrons. The van der Waals surface area contributed by atoms with E-state index in [2.05, 4.69) is 46.8 Å². The molecule has 19 heavy (non-hydrogen) atoms. The number of hydrogen-bond acceptors (Lipinski definition) is 0. The zero-order chi connectivity index (χ0) is 14.7. The fourth-order valence-corrected chi connectivity index (χ4v) is 2.38. The van der Waals surface area contributed by atoms with E-state index < -0.39 is 0 Å². The molecule has 0 N–H and O–H groups in total. The molecule has 0 fully saturated rings. The molecule has 0 bridgehead atoms. The summed E-state index contributed by atoms with van der Waals surface area (Å²) in [7, 11) is 0. The van der Waals surface area contributed by atoms with Crippen molar-refractivity contribution in [3.63, 3.8) is 0 Å². The third-order valence-corrected chi connectivity index (χ3v) is 4.24. The van der Waals surface area contributed by atoms with Gasteiger partial charge in [0.05, 0.1) is 0 Å². The maximum atomic E-state index is 12.8. The smallest absolute Gasteiger partial charge is 0.111 e. The third kappa shape index (κ3) is 8.23. The number of allylic oxidation sites excluding steroid dienone is 4. The molecule has 0 aliphatic heterocycles. The Hall–Kier alpha value is -0.590. The van der Waals surface area contributed by atoms with E-state index in [1.807, 2.05) is 0 Å². The van der Waals surface area contributed by atoms with Gasteiger partial charge in [-0.15, -0.1) is 0 Å². The molecular formula is C18H33F. The second-order valence-corrected chi connectivity index (χ2v) is 5.80. The van der Waals surface area contributed by atoms with Gasteiger partial charge in [0.2, 0.25) is 0 Å². The van der Waals surface area contributed by atoms with Gasteiger partial charge in [0.1, 0.15) is 6.67 Å². The molecule has 0 aromatic heterocycles. The van der Waals surface area contributed by atoms with Gasteiger partial charge in [-0.05, 0) is 43.6 Å². The highest BCUT2D eigenvalue weighted by Gasteiger charge is 2.09. The third-order valence-electron chi connectivity index (χ3n) is 4.24. The monoisotopic (exact) mass is 268 g/mol. The van der Waals surface area contributed by atoms with E-state index in [1.165, 1.54) is 24.8 Å². The lowest BCUT2D eigenvalue weighted by Crippen LogP contribution is -2.06. The van der Waals surface area contributed by atoms with Crippen LogP contribution in [0.5, 0.6) is 0 Å². The summed E-state index contributed by atoms with van der Waals surface area (Å²) in [6.07, 6.45) is 11.0. The van der Waals surface area contributed by atoms with Gasteiger partial charge in [-0.25, -0.2) is 4.39 Å². The molecule has 0 nitrogen and oxygen atoms in total. The topological polar surface area (TPSA) is 0 Å². The molecule has 0 saturated heterocycles. The predicted molar refractivity (Wildman–Crippen MR) is 85.2 cm³/mol. The van der Waals surface area contributed by atoms with Crippen molar-refractivity contribution in [2.24, 2.45) is 11.8 Å². The molecule has 0 aliphatic rings. The van der Waals surface area contributed by atoms with Crippen LogP contribution in [0.1, 0.15) is 73.1 Å². The summed E-state index contributed by atoms with van der Waals surface area (Å²) < 4.78 is 12.8. The second-order valence-electron chi connectivity index (χ2n) is 5.80. The quantitative estimate of drug-likeness (QED) is 0.398. The lowest BCUT2D eigenvalue weighted by Gasteiger charge is -2.18. The van der Waals surface area contributed by atoms with E-state index >= 15 is 0 Å². The number of rotatable bonds is 10. The van der Waals surface area contributed by atoms with Crippen molar-refractivity contribution < 1.29 is 4.39 Å². The van der Waals surface area contributed by atoms with Crippen LogP contribution < -0.4 is 0 Å². The fraction of sp³-hybridized carbons (Fsp3) is 0.778. The lowest BCUT2D eigenvalue weighted by atomic mass is 9.88. The molecule has 2 unspecified atom stereocenters. The minimum atomic E-state index is -0.297. The largest absolute Gasteiger partial charge is 0.246 e. The Morgan fingerprint density at radius 3 is 2.26 bits per heavy atom. The first kappa shape index (κ1) is 18.4. The molecule has 0 aromatic carbocycles. The fourth-order valence-electron chi connectivity index (χ4n) is 2.38. The summed E-state index contributed by atoms with van der Waals surface area (Å²) in [6, 6.07) is 0. The normalized spacial score (nSPS) is 16.5. The van der Waals surface area contributed by atoms with Crippen molar-refractivity contribution >= 4 is 0 Å². The van der Waals surface area contributed by atoms with E-state index in [-0.39, 0.29) is 6.67 Å². The Bertz CT molecular complexity index is 275. The van der Waals surface area contributed by atoms with Gasteiger partial charge in [-0.3, -0.25) is 0 Å². The van der Waals surface area contributed by atoms with Gasteiger partial charge in [-0.1, -0.05) is 64.7 Å². The van der Waals surface area contributed by atoms with Gasteiger partial charge >= 0.3 is 0 Å². The maximum Gasteiger partial charge on any atom is 0.111 e. The molecule has 0 saturated carbocycles. The van der Waals surface area contributed by atoms with Crippen LogP contribution in [0.4, 0.5) is 4.39 Å². The van der Waals surface area contributed by atoms with Crippen molar-refractivity contribution in [1.29, 1.82) is 0 Å².